The van der Waals surface area contributed by atoms with Crippen LogP contribution in [-0.2, 0) is 9.59 Å². The van der Waals surface area contributed by atoms with Crippen LogP contribution in [0.2, 0.25) is 0 Å². The molecule has 1 heterocycles. The summed E-state index contributed by atoms with van der Waals surface area (Å²) in [4.78, 5) is 39.1. The predicted molar refractivity (Wildman–Crippen MR) is 102 cm³/mol. The number of benzene rings is 1. The van der Waals surface area contributed by atoms with Gasteiger partial charge in [-0.1, -0.05) is 26.8 Å². The van der Waals surface area contributed by atoms with Crippen LogP contribution < -0.4 is 10.6 Å². The van der Waals surface area contributed by atoms with Gasteiger partial charge in [-0.25, -0.2) is 0 Å². The zero-order chi connectivity index (χ0) is 19.5. The minimum atomic E-state index is -0.519. The number of carbonyl (C=O) groups is 3. The van der Waals surface area contributed by atoms with E-state index in [4.69, 9.17) is 0 Å². The van der Waals surface area contributed by atoms with Crippen LogP contribution in [0.15, 0.2) is 24.3 Å². The number of hydrogen-bond donors (Lipinski definition) is 2. The Labute approximate surface area is 155 Å². The Kier molecular flexibility index (Phi) is 6.05. The molecule has 1 unspecified atom stereocenters. The molecule has 1 aliphatic rings. The fraction of sp³-hybridized carbons (Fsp3) is 0.550. The molecule has 0 saturated carbocycles. The molecule has 0 spiro atoms. The minimum Gasteiger partial charge on any atom is -0.352 e. The summed E-state index contributed by atoms with van der Waals surface area (Å²) in [5.74, 6) is -0.404. The Morgan fingerprint density at radius 3 is 2.50 bits per heavy atom. The second-order valence-corrected chi connectivity index (χ2v) is 8.10. The van der Waals surface area contributed by atoms with E-state index in [1.54, 1.807) is 29.2 Å². The van der Waals surface area contributed by atoms with Crippen molar-refractivity contribution in [3.8, 4) is 0 Å². The molecule has 1 aromatic carbocycles. The SMILES string of the molecule is CC(C)NC(=O)C1CCCN1C(=O)c1cccc(NC(=O)C(C)(C)C)c1. The van der Waals surface area contributed by atoms with Crippen molar-refractivity contribution >= 4 is 23.4 Å². The first-order valence-corrected chi connectivity index (χ1v) is 9.12. The van der Waals surface area contributed by atoms with Gasteiger partial charge in [0.2, 0.25) is 11.8 Å². The highest BCUT2D eigenvalue weighted by molar-refractivity contribution is 6.00. The van der Waals surface area contributed by atoms with Gasteiger partial charge >= 0.3 is 0 Å². The normalized spacial score (nSPS) is 17.3. The quantitative estimate of drug-likeness (QED) is 0.868. The lowest BCUT2D eigenvalue weighted by atomic mass is 9.95. The number of amides is 3. The van der Waals surface area contributed by atoms with Gasteiger partial charge in [0.05, 0.1) is 0 Å². The van der Waals surface area contributed by atoms with Crippen molar-refractivity contribution in [2.45, 2.75) is 59.5 Å². The summed E-state index contributed by atoms with van der Waals surface area (Å²) in [6, 6.07) is 6.48. The highest BCUT2D eigenvalue weighted by Gasteiger charge is 2.34. The van der Waals surface area contributed by atoms with Crippen LogP contribution in [-0.4, -0.2) is 41.2 Å². The number of nitrogens with one attached hydrogen (secondary N) is 2. The molecule has 1 atom stereocenters. The number of rotatable bonds is 4. The van der Waals surface area contributed by atoms with Crippen LogP contribution in [0, 0.1) is 5.41 Å². The second-order valence-electron chi connectivity index (χ2n) is 8.10. The molecular weight excluding hydrogens is 330 g/mol. The summed E-state index contributed by atoms with van der Waals surface area (Å²) in [6.07, 6.45) is 1.48. The Morgan fingerprint density at radius 1 is 1.19 bits per heavy atom. The van der Waals surface area contributed by atoms with Crippen molar-refractivity contribution in [2.75, 3.05) is 11.9 Å². The van der Waals surface area contributed by atoms with Crippen LogP contribution >= 0.6 is 0 Å². The first kappa shape index (κ1) is 19.9. The van der Waals surface area contributed by atoms with Gasteiger partial charge in [-0.15, -0.1) is 0 Å². The largest absolute Gasteiger partial charge is 0.352 e. The monoisotopic (exact) mass is 359 g/mol. The van der Waals surface area contributed by atoms with Crippen LogP contribution in [0.4, 0.5) is 5.69 Å². The van der Waals surface area contributed by atoms with Gasteiger partial charge in [0.15, 0.2) is 0 Å². The molecule has 0 aromatic heterocycles. The van der Waals surface area contributed by atoms with Crippen LogP contribution in [0.3, 0.4) is 0 Å². The summed E-state index contributed by atoms with van der Waals surface area (Å²) in [6.45, 7) is 9.87. The Hall–Kier alpha value is -2.37. The molecule has 1 aliphatic heterocycles. The van der Waals surface area contributed by atoms with E-state index in [9.17, 15) is 14.4 Å². The lowest BCUT2D eigenvalue weighted by Gasteiger charge is -2.25. The van der Waals surface area contributed by atoms with Crippen molar-refractivity contribution in [2.24, 2.45) is 5.41 Å². The summed E-state index contributed by atoms with van der Waals surface area (Å²) in [5, 5.41) is 5.72. The molecule has 1 aromatic rings. The van der Waals surface area contributed by atoms with E-state index >= 15 is 0 Å². The molecule has 1 saturated heterocycles. The maximum absolute atomic E-state index is 12.9. The van der Waals surface area contributed by atoms with E-state index in [-0.39, 0.29) is 23.8 Å². The fourth-order valence-electron chi connectivity index (χ4n) is 2.88. The number of hydrogen-bond acceptors (Lipinski definition) is 3. The lowest BCUT2D eigenvalue weighted by Crippen LogP contribution is -2.47. The third-order valence-corrected chi connectivity index (χ3v) is 4.30. The van der Waals surface area contributed by atoms with Crippen molar-refractivity contribution in [3.63, 3.8) is 0 Å². The fourth-order valence-corrected chi connectivity index (χ4v) is 2.88. The van der Waals surface area contributed by atoms with Gasteiger partial charge < -0.3 is 15.5 Å². The zero-order valence-electron chi connectivity index (χ0n) is 16.3. The van der Waals surface area contributed by atoms with Crippen LogP contribution in [0.1, 0.15) is 57.8 Å². The van der Waals surface area contributed by atoms with E-state index in [1.807, 2.05) is 34.6 Å². The van der Waals surface area contributed by atoms with Crippen LogP contribution in [0.25, 0.3) is 0 Å². The average Bonchev–Trinajstić information content (AvgIpc) is 3.02. The molecule has 0 radical (unpaired) electrons. The minimum absolute atomic E-state index is 0.0380. The molecule has 0 bridgehead atoms. The summed E-state index contributed by atoms with van der Waals surface area (Å²) in [5.41, 5.74) is 0.536. The molecule has 6 nitrogen and oxygen atoms in total. The van der Waals surface area contributed by atoms with E-state index in [1.165, 1.54) is 0 Å². The van der Waals surface area contributed by atoms with Gasteiger partial charge in [0.25, 0.3) is 5.91 Å². The van der Waals surface area contributed by atoms with Gasteiger partial charge in [0, 0.05) is 29.3 Å². The smallest absolute Gasteiger partial charge is 0.254 e. The first-order chi connectivity index (χ1) is 12.1. The van der Waals surface area contributed by atoms with Gasteiger partial charge in [-0.2, -0.15) is 0 Å². The summed E-state index contributed by atoms with van der Waals surface area (Å²) in [7, 11) is 0. The lowest BCUT2D eigenvalue weighted by molar-refractivity contribution is -0.125. The van der Waals surface area contributed by atoms with Crippen molar-refractivity contribution < 1.29 is 14.4 Å². The number of anilines is 1. The first-order valence-electron chi connectivity index (χ1n) is 9.12. The third-order valence-electron chi connectivity index (χ3n) is 4.30. The highest BCUT2D eigenvalue weighted by Crippen LogP contribution is 2.23. The molecule has 2 rings (SSSR count). The second kappa shape index (κ2) is 7.89. The van der Waals surface area contributed by atoms with Gasteiger partial charge in [-0.05, 0) is 44.9 Å². The van der Waals surface area contributed by atoms with E-state index < -0.39 is 11.5 Å². The molecule has 3 amide bonds. The molecular formula is C20H29N3O3. The predicted octanol–water partition coefficient (Wildman–Crippen LogP) is 2.80. The van der Waals surface area contributed by atoms with E-state index in [2.05, 4.69) is 10.6 Å². The van der Waals surface area contributed by atoms with Crippen LogP contribution in [0.5, 0.6) is 0 Å². The van der Waals surface area contributed by atoms with Crippen molar-refractivity contribution in [3.05, 3.63) is 29.8 Å². The molecule has 1 fully saturated rings. The maximum Gasteiger partial charge on any atom is 0.254 e. The maximum atomic E-state index is 12.9. The summed E-state index contributed by atoms with van der Waals surface area (Å²) < 4.78 is 0. The summed E-state index contributed by atoms with van der Waals surface area (Å²) >= 11 is 0. The number of nitrogens with zero attached hydrogens (tertiary/aromatic N) is 1. The highest BCUT2D eigenvalue weighted by atomic mass is 16.2. The van der Waals surface area contributed by atoms with E-state index in [0.29, 0.717) is 24.2 Å². The molecule has 0 aliphatic carbocycles. The van der Waals surface area contributed by atoms with Crippen molar-refractivity contribution in [1.29, 1.82) is 0 Å². The third kappa shape index (κ3) is 4.84. The molecule has 2 N–H and O–H groups in total. The van der Waals surface area contributed by atoms with E-state index in [0.717, 1.165) is 6.42 Å². The Morgan fingerprint density at radius 2 is 1.88 bits per heavy atom. The standard InChI is InChI=1S/C20H29N3O3/c1-13(2)21-17(24)16-10-7-11-23(16)18(25)14-8-6-9-15(12-14)22-19(26)20(3,4)5/h6,8-9,12-13,16H,7,10-11H2,1-5H3,(H,21,24)(H,22,26). The zero-order valence-corrected chi connectivity index (χ0v) is 16.3. The molecule has 26 heavy (non-hydrogen) atoms. The molecule has 142 valence electrons. The topological polar surface area (TPSA) is 78.5 Å². The Balaban J connectivity index is 2.15. The van der Waals surface area contributed by atoms with Crippen molar-refractivity contribution in [1.82, 2.24) is 10.2 Å². The van der Waals surface area contributed by atoms with Gasteiger partial charge in [0.1, 0.15) is 6.04 Å². The molecule has 6 heteroatoms. The number of carbonyl (C=O) groups excluding carboxylic acids is 3. The van der Waals surface area contributed by atoms with Gasteiger partial charge in [-0.3, -0.25) is 14.4 Å². The number of likely N-dealkylation sites (tertiary alicyclic amines) is 1. The average molecular weight is 359 g/mol. The Bertz CT molecular complexity index is 692.